The number of hydrogen-bond acceptors (Lipinski definition) is 3. The van der Waals surface area contributed by atoms with Gasteiger partial charge < -0.3 is 15.2 Å². The average Bonchev–Trinajstić information content (AvgIpc) is 2.64. The molecule has 0 amide bonds. The molecule has 128 valence electrons. The second kappa shape index (κ2) is 9.00. The molecule has 3 aromatic carbocycles. The third-order valence-corrected chi connectivity index (χ3v) is 3.51. The van der Waals surface area contributed by atoms with Gasteiger partial charge in [-0.05, 0) is 29.3 Å². The van der Waals surface area contributed by atoms with Crippen molar-refractivity contribution >= 4 is 10.8 Å². The number of benzene rings is 3. The summed E-state index contributed by atoms with van der Waals surface area (Å²) in [5.41, 5.74) is 2.01. The van der Waals surface area contributed by atoms with Crippen molar-refractivity contribution in [2.24, 2.45) is 0 Å². The number of aromatic hydroxyl groups is 2. The summed E-state index contributed by atoms with van der Waals surface area (Å²) < 4.78 is 0. The Morgan fingerprint density at radius 3 is 1.92 bits per heavy atom. The van der Waals surface area contributed by atoms with Crippen molar-refractivity contribution in [3.8, 4) is 22.8 Å². The summed E-state index contributed by atoms with van der Waals surface area (Å²) in [6, 6.07) is 27.1. The minimum Gasteiger partial charge on any atom is -0.507 e. The molecule has 4 heteroatoms. The van der Waals surface area contributed by atoms with Crippen LogP contribution in [0.1, 0.15) is 0 Å². The number of phenols is 2. The van der Waals surface area contributed by atoms with Gasteiger partial charge in [0.1, 0.15) is 11.5 Å². The number of pyridine rings is 1. The van der Waals surface area contributed by atoms with Gasteiger partial charge in [-0.1, -0.05) is 36.4 Å². The Labute approximate surface area is 160 Å². The van der Waals surface area contributed by atoms with Crippen LogP contribution in [-0.2, 0) is 21.1 Å². The van der Waals surface area contributed by atoms with Crippen LogP contribution in [0.4, 0.5) is 0 Å². The summed E-state index contributed by atoms with van der Waals surface area (Å²) in [5.74, 6) is 0.233. The van der Waals surface area contributed by atoms with E-state index in [4.69, 9.17) is 0 Å². The van der Waals surface area contributed by atoms with Gasteiger partial charge in [0.2, 0.25) is 0 Å². The van der Waals surface area contributed by atoms with Crippen molar-refractivity contribution in [3.63, 3.8) is 0 Å². The van der Waals surface area contributed by atoms with Gasteiger partial charge in [0.15, 0.2) is 0 Å². The Morgan fingerprint density at radius 1 is 0.720 bits per heavy atom. The van der Waals surface area contributed by atoms with Crippen molar-refractivity contribution < 1.29 is 31.3 Å². The summed E-state index contributed by atoms with van der Waals surface area (Å²) in [7, 11) is 0. The molecular weight excluding hydrogens is 493 g/mol. The first kappa shape index (κ1) is 18.7. The predicted octanol–water partition coefficient (Wildman–Crippen LogP) is 4.80. The maximum absolute atomic E-state index is 9.39. The molecule has 4 aromatic rings. The van der Waals surface area contributed by atoms with Crippen LogP contribution < -0.4 is 0 Å². The van der Waals surface area contributed by atoms with Crippen LogP contribution in [0, 0.1) is 6.07 Å². The SMILES string of the molecule is Oc1cccc2cccc(O)c12.[Pt].[c-]1ccccc1-c1ccccn1. The molecule has 1 heterocycles. The number of fused-ring (bicyclic) bond motifs is 1. The van der Waals surface area contributed by atoms with E-state index in [-0.39, 0.29) is 32.6 Å². The second-order valence-corrected chi connectivity index (χ2v) is 5.14. The summed E-state index contributed by atoms with van der Waals surface area (Å²) in [4.78, 5) is 4.22. The topological polar surface area (TPSA) is 53.4 Å². The first-order chi connectivity index (χ1) is 11.8. The molecular formula is C21H16NO2Pt-. The molecule has 0 spiro atoms. The maximum atomic E-state index is 9.39. The zero-order valence-corrected chi connectivity index (χ0v) is 15.5. The maximum Gasteiger partial charge on any atom is 0.127 e. The van der Waals surface area contributed by atoms with Crippen molar-refractivity contribution in [2.45, 2.75) is 0 Å². The van der Waals surface area contributed by atoms with Gasteiger partial charge in [-0.2, -0.15) is 0 Å². The van der Waals surface area contributed by atoms with Crippen molar-refractivity contribution in [1.29, 1.82) is 0 Å². The smallest absolute Gasteiger partial charge is 0.127 e. The number of phenolic OH excluding ortho intramolecular Hbond substituents is 2. The van der Waals surface area contributed by atoms with E-state index in [9.17, 15) is 10.2 Å². The summed E-state index contributed by atoms with van der Waals surface area (Å²) in [6.45, 7) is 0. The number of rotatable bonds is 1. The Hall–Kier alpha value is -2.64. The molecule has 0 unspecified atom stereocenters. The summed E-state index contributed by atoms with van der Waals surface area (Å²) >= 11 is 0. The third kappa shape index (κ3) is 4.68. The van der Waals surface area contributed by atoms with E-state index in [1.54, 1.807) is 30.5 Å². The molecule has 0 bridgehead atoms. The number of aromatic nitrogens is 1. The Morgan fingerprint density at radius 2 is 1.40 bits per heavy atom. The fraction of sp³-hybridized carbons (Fsp3) is 0. The molecule has 0 aliphatic rings. The van der Waals surface area contributed by atoms with Gasteiger partial charge in [-0.3, -0.25) is 0 Å². The molecule has 0 aliphatic heterocycles. The van der Waals surface area contributed by atoms with E-state index in [0.717, 1.165) is 16.6 Å². The Bertz CT molecular complexity index is 854. The second-order valence-electron chi connectivity index (χ2n) is 5.14. The molecule has 0 radical (unpaired) electrons. The van der Waals surface area contributed by atoms with Gasteiger partial charge in [0.05, 0.1) is 5.39 Å². The van der Waals surface area contributed by atoms with Crippen LogP contribution in [0.3, 0.4) is 0 Å². The fourth-order valence-corrected chi connectivity index (χ4v) is 2.38. The Kier molecular flexibility index (Phi) is 6.73. The molecule has 3 nitrogen and oxygen atoms in total. The number of hydrogen-bond donors (Lipinski definition) is 2. The fourth-order valence-electron chi connectivity index (χ4n) is 2.38. The van der Waals surface area contributed by atoms with Crippen molar-refractivity contribution in [1.82, 2.24) is 4.98 Å². The average molecular weight is 509 g/mol. The van der Waals surface area contributed by atoms with Crippen LogP contribution in [0.5, 0.6) is 11.5 Å². The van der Waals surface area contributed by atoms with Crippen LogP contribution in [-0.4, -0.2) is 15.2 Å². The van der Waals surface area contributed by atoms with E-state index >= 15 is 0 Å². The van der Waals surface area contributed by atoms with E-state index in [1.807, 2.05) is 54.6 Å². The van der Waals surface area contributed by atoms with Gasteiger partial charge in [0, 0.05) is 27.3 Å². The molecule has 0 atom stereocenters. The zero-order valence-electron chi connectivity index (χ0n) is 13.2. The summed E-state index contributed by atoms with van der Waals surface area (Å²) in [6.07, 6.45) is 1.79. The van der Waals surface area contributed by atoms with Crippen LogP contribution >= 0.6 is 0 Å². The Balaban J connectivity index is 0.000000173. The van der Waals surface area contributed by atoms with E-state index in [1.165, 1.54) is 0 Å². The first-order valence-corrected chi connectivity index (χ1v) is 7.53. The van der Waals surface area contributed by atoms with Gasteiger partial charge >= 0.3 is 0 Å². The molecule has 4 rings (SSSR count). The van der Waals surface area contributed by atoms with Gasteiger partial charge in [-0.15, -0.1) is 35.9 Å². The molecule has 2 N–H and O–H groups in total. The van der Waals surface area contributed by atoms with Crippen LogP contribution in [0.15, 0.2) is 85.1 Å². The predicted molar refractivity (Wildman–Crippen MR) is 95.8 cm³/mol. The monoisotopic (exact) mass is 509 g/mol. The molecule has 0 saturated carbocycles. The van der Waals surface area contributed by atoms with Crippen molar-refractivity contribution in [2.75, 3.05) is 0 Å². The zero-order chi connectivity index (χ0) is 16.8. The van der Waals surface area contributed by atoms with E-state index < -0.39 is 0 Å². The molecule has 0 saturated heterocycles. The molecule has 0 fully saturated rings. The standard InChI is InChI=1S/C11H8N.C10H8O2.Pt/c1-2-6-10(7-3-1)11-8-4-5-9-12-11;11-8-5-1-3-7-4-2-6-9(12)10(7)8;/h1-6,8-9H;1-6,11-12H;/q-1;;. The van der Waals surface area contributed by atoms with E-state index in [2.05, 4.69) is 11.1 Å². The normalized spacial score (nSPS) is 9.60. The van der Waals surface area contributed by atoms with Crippen LogP contribution in [0.25, 0.3) is 22.0 Å². The number of nitrogens with zero attached hydrogens (tertiary/aromatic N) is 1. The quantitative estimate of drug-likeness (QED) is 0.363. The molecule has 0 aliphatic carbocycles. The minimum absolute atomic E-state index is 0. The van der Waals surface area contributed by atoms with E-state index in [0.29, 0.717) is 5.39 Å². The van der Waals surface area contributed by atoms with Crippen molar-refractivity contribution in [3.05, 3.63) is 91.1 Å². The molecule has 25 heavy (non-hydrogen) atoms. The largest absolute Gasteiger partial charge is 0.507 e. The first-order valence-electron chi connectivity index (χ1n) is 7.53. The minimum atomic E-state index is 0. The summed E-state index contributed by atoms with van der Waals surface area (Å²) in [5, 5.41) is 20.1. The van der Waals surface area contributed by atoms with Gasteiger partial charge in [-0.25, -0.2) is 0 Å². The van der Waals surface area contributed by atoms with Gasteiger partial charge in [0.25, 0.3) is 0 Å². The van der Waals surface area contributed by atoms with Crippen LogP contribution in [0.2, 0.25) is 0 Å². The molecule has 1 aromatic heterocycles. The third-order valence-electron chi connectivity index (χ3n) is 3.51.